The fourth-order valence-corrected chi connectivity index (χ4v) is 1.85. The summed E-state index contributed by atoms with van der Waals surface area (Å²) in [4.78, 5) is 24.7. The molecule has 104 valence electrons. The Balaban J connectivity index is 2.96. The zero-order valence-corrected chi connectivity index (χ0v) is 11.4. The van der Waals surface area contributed by atoms with Gasteiger partial charge in [0, 0.05) is 13.1 Å². The van der Waals surface area contributed by atoms with Crippen LogP contribution in [-0.2, 0) is 4.79 Å². The number of carbonyl (C=O) groups excluding carboxylic acids is 2. The van der Waals surface area contributed by atoms with E-state index in [0.717, 1.165) is 0 Å². The fraction of sp³-hybridized carbons (Fsp3) is 0.385. The molecule has 0 saturated carbocycles. The van der Waals surface area contributed by atoms with E-state index in [1.807, 2.05) is 13.8 Å². The number of likely N-dealkylation sites (N-methyl/N-ethyl adjacent to an activating group) is 1. The van der Waals surface area contributed by atoms with Gasteiger partial charge in [0.05, 0.1) is 23.5 Å². The predicted molar refractivity (Wildman–Crippen MR) is 75.9 cm³/mol. The molecule has 0 aliphatic rings. The summed E-state index contributed by atoms with van der Waals surface area (Å²) in [5.74, 6) is -0.713. The molecule has 6 nitrogen and oxygen atoms in total. The first-order valence-corrected chi connectivity index (χ1v) is 6.01. The maximum atomic E-state index is 11.7. The molecular weight excluding hydrogens is 244 g/mol. The van der Waals surface area contributed by atoms with Gasteiger partial charge in [-0.25, -0.2) is 0 Å². The molecule has 0 saturated heterocycles. The molecule has 0 heterocycles. The average Bonchev–Trinajstić information content (AvgIpc) is 2.26. The van der Waals surface area contributed by atoms with Crippen molar-refractivity contribution in [2.45, 2.75) is 19.9 Å². The Labute approximate surface area is 112 Å². The minimum absolute atomic E-state index is 0.0598. The van der Waals surface area contributed by atoms with Crippen LogP contribution in [0.15, 0.2) is 18.2 Å². The van der Waals surface area contributed by atoms with Gasteiger partial charge in [-0.3, -0.25) is 9.59 Å². The molecule has 1 aromatic carbocycles. The van der Waals surface area contributed by atoms with Crippen molar-refractivity contribution in [3.63, 3.8) is 0 Å². The quantitative estimate of drug-likeness (QED) is 0.667. The van der Waals surface area contributed by atoms with E-state index in [1.165, 1.54) is 0 Å². The van der Waals surface area contributed by atoms with Crippen molar-refractivity contribution in [3.8, 4) is 0 Å². The standard InChI is InChI=1S/C13H20N4O2/c1-8(2)16-11(18)7-17(3)12-9(13(15)19)5-4-6-10(12)14/h4-6,8H,7,14H2,1-3H3,(H2,15,19)(H,16,18). The van der Waals surface area contributed by atoms with Gasteiger partial charge in [-0.1, -0.05) is 6.07 Å². The fourth-order valence-electron chi connectivity index (χ4n) is 1.85. The Bertz CT molecular complexity index is 486. The van der Waals surface area contributed by atoms with Crippen molar-refractivity contribution in [2.24, 2.45) is 5.73 Å². The van der Waals surface area contributed by atoms with Crippen LogP contribution in [0.1, 0.15) is 24.2 Å². The second-order valence-corrected chi connectivity index (χ2v) is 4.69. The molecule has 0 bridgehead atoms. The van der Waals surface area contributed by atoms with Gasteiger partial charge >= 0.3 is 0 Å². The molecule has 0 aromatic heterocycles. The van der Waals surface area contributed by atoms with E-state index in [9.17, 15) is 9.59 Å². The molecule has 0 unspecified atom stereocenters. The van der Waals surface area contributed by atoms with Gasteiger partial charge in [0.25, 0.3) is 5.91 Å². The number of para-hydroxylation sites is 1. The maximum Gasteiger partial charge on any atom is 0.250 e. The topological polar surface area (TPSA) is 101 Å². The summed E-state index contributed by atoms with van der Waals surface area (Å²) in [5.41, 5.74) is 12.4. The van der Waals surface area contributed by atoms with Crippen molar-refractivity contribution >= 4 is 23.2 Å². The van der Waals surface area contributed by atoms with Crippen molar-refractivity contribution in [3.05, 3.63) is 23.8 Å². The highest BCUT2D eigenvalue weighted by molar-refractivity contribution is 6.02. The average molecular weight is 264 g/mol. The van der Waals surface area contributed by atoms with E-state index >= 15 is 0 Å². The van der Waals surface area contributed by atoms with E-state index in [1.54, 1.807) is 30.1 Å². The molecule has 0 aliphatic carbocycles. The molecule has 2 amide bonds. The Kier molecular flexibility index (Phi) is 4.74. The van der Waals surface area contributed by atoms with Gasteiger partial charge in [-0.15, -0.1) is 0 Å². The van der Waals surface area contributed by atoms with Gasteiger partial charge in [-0.2, -0.15) is 0 Å². The van der Waals surface area contributed by atoms with Crippen LogP contribution in [0.2, 0.25) is 0 Å². The van der Waals surface area contributed by atoms with Crippen molar-refractivity contribution in [1.29, 1.82) is 0 Å². The summed E-state index contributed by atoms with van der Waals surface area (Å²) < 4.78 is 0. The number of benzene rings is 1. The number of nitrogens with two attached hydrogens (primary N) is 2. The molecule has 19 heavy (non-hydrogen) atoms. The first-order chi connectivity index (χ1) is 8.82. The van der Waals surface area contributed by atoms with Gasteiger partial charge in [-0.05, 0) is 26.0 Å². The highest BCUT2D eigenvalue weighted by Crippen LogP contribution is 2.26. The maximum absolute atomic E-state index is 11.7. The number of rotatable bonds is 5. The number of amides is 2. The lowest BCUT2D eigenvalue weighted by molar-refractivity contribution is -0.120. The van der Waals surface area contributed by atoms with E-state index in [2.05, 4.69) is 5.32 Å². The zero-order chi connectivity index (χ0) is 14.6. The second kappa shape index (κ2) is 6.08. The number of nitrogen functional groups attached to an aromatic ring is 1. The normalized spacial score (nSPS) is 10.3. The molecule has 0 fully saturated rings. The highest BCUT2D eigenvalue weighted by atomic mass is 16.2. The number of nitrogens with one attached hydrogen (secondary N) is 1. The van der Waals surface area contributed by atoms with Crippen molar-refractivity contribution < 1.29 is 9.59 Å². The monoisotopic (exact) mass is 264 g/mol. The number of carbonyl (C=O) groups is 2. The smallest absolute Gasteiger partial charge is 0.250 e. The minimum Gasteiger partial charge on any atom is -0.397 e. The first-order valence-electron chi connectivity index (χ1n) is 6.01. The first kappa shape index (κ1) is 14.8. The summed E-state index contributed by atoms with van der Waals surface area (Å²) in [5, 5.41) is 2.77. The number of nitrogens with zero attached hydrogens (tertiary/aromatic N) is 1. The third-order valence-electron chi connectivity index (χ3n) is 2.54. The molecule has 1 aromatic rings. The van der Waals surface area contributed by atoms with Crippen LogP contribution in [0.25, 0.3) is 0 Å². The van der Waals surface area contributed by atoms with E-state index in [-0.39, 0.29) is 18.5 Å². The molecular formula is C13H20N4O2. The Morgan fingerprint density at radius 3 is 2.53 bits per heavy atom. The van der Waals surface area contributed by atoms with Gasteiger partial charge in [0.15, 0.2) is 0 Å². The summed E-state index contributed by atoms with van der Waals surface area (Å²) >= 11 is 0. The molecule has 6 heteroatoms. The van der Waals surface area contributed by atoms with E-state index in [4.69, 9.17) is 11.5 Å². The van der Waals surface area contributed by atoms with E-state index < -0.39 is 5.91 Å². The number of hydrogen-bond acceptors (Lipinski definition) is 4. The van der Waals surface area contributed by atoms with Crippen molar-refractivity contribution in [2.75, 3.05) is 24.2 Å². The molecule has 1 rings (SSSR count). The molecule has 0 aliphatic heterocycles. The van der Waals surface area contributed by atoms with Gasteiger partial charge < -0.3 is 21.7 Å². The van der Waals surface area contributed by atoms with Crippen LogP contribution in [-0.4, -0.2) is 31.4 Å². The highest BCUT2D eigenvalue weighted by Gasteiger charge is 2.17. The molecule has 0 atom stereocenters. The lowest BCUT2D eigenvalue weighted by Gasteiger charge is -2.23. The molecule has 0 spiro atoms. The van der Waals surface area contributed by atoms with Crippen LogP contribution in [0.3, 0.4) is 0 Å². The van der Waals surface area contributed by atoms with Gasteiger partial charge in [0.1, 0.15) is 0 Å². The Morgan fingerprint density at radius 2 is 2.00 bits per heavy atom. The largest absolute Gasteiger partial charge is 0.397 e. The lowest BCUT2D eigenvalue weighted by Crippen LogP contribution is -2.39. The number of anilines is 2. The molecule has 5 N–H and O–H groups in total. The third kappa shape index (κ3) is 3.87. The Hall–Kier alpha value is -2.24. The summed E-state index contributed by atoms with van der Waals surface area (Å²) in [6, 6.07) is 4.97. The summed E-state index contributed by atoms with van der Waals surface area (Å²) in [6.45, 7) is 3.86. The zero-order valence-electron chi connectivity index (χ0n) is 11.4. The summed E-state index contributed by atoms with van der Waals surface area (Å²) in [7, 11) is 1.69. The summed E-state index contributed by atoms with van der Waals surface area (Å²) in [6.07, 6.45) is 0. The van der Waals surface area contributed by atoms with Crippen LogP contribution in [0.5, 0.6) is 0 Å². The number of hydrogen-bond donors (Lipinski definition) is 3. The lowest BCUT2D eigenvalue weighted by atomic mass is 10.1. The van der Waals surface area contributed by atoms with Gasteiger partial charge in [0.2, 0.25) is 5.91 Å². The van der Waals surface area contributed by atoms with Crippen LogP contribution >= 0.6 is 0 Å². The van der Waals surface area contributed by atoms with E-state index in [0.29, 0.717) is 16.9 Å². The number of primary amides is 1. The predicted octanol–water partition coefficient (Wildman–Crippen LogP) is 0.329. The third-order valence-corrected chi connectivity index (χ3v) is 2.54. The SMILES string of the molecule is CC(C)NC(=O)CN(C)c1c(N)cccc1C(N)=O. The van der Waals surface area contributed by atoms with Crippen LogP contribution in [0.4, 0.5) is 11.4 Å². The van der Waals surface area contributed by atoms with Crippen LogP contribution in [0, 0.1) is 0 Å². The second-order valence-electron chi connectivity index (χ2n) is 4.69. The van der Waals surface area contributed by atoms with Crippen molar-refractivity contribution in [1.82, 2.24) is 5.32 Å². The van der Waals surface area contributed by atoms with Crippen LogP contribution < -0.4 is 21.7 Å². The molecule has 0 radical (unpaired) electrons. The Morgan fingerprint density at radius 1 is 1.37 bits per heavy atom. The minimum atomic E-state index is -0.571.